The molecule has 0 radical (unpaired) electrons. The average Bonchev–Trinajstić information content (AvgIpc) is 2.53. The van der Waals surface area contributed by atoms with Crippen LogP contribution in [0.25, 0.3) is 10.9 Å². The molecule has 3 nitrogen and oxygen atoms in total. The molecule has 0 N–H and O–H groups in total. The van der Waals surface area contributed by atoms with Gasteiger partial charge in [-0.1, -0.05) is 29.8 Å². The molecule has 112 valence electrons. The predicted octanol–water partition coefficient (Wildman–Crippen LogP) is 4.61. The zero-order chi connectivity index (χ0) is 15.5. The van der Waals surface area contributed by atoms with E-state index in [1.807, 2.05) is 24.3 Å². The minimum absolute atomic E-state index is 0.267. The van der Waals surface area contributed by atoms with E-state index in [1.54, 1.807) is 19.2 Å². The minimum atomic E-state index is -0.383. The summed E-state index contributed by atoms with van der Waals surface area (Å²) in [5.41, 5.74) is 1.41. The summed E-state index contributed by atoms with van der Waals surface area (Å²) in [6, 6.07) is 13.7. The van der Waals surface area contributed by atoms with E-state index in [4.69, 9.17) is 21.1 Å². The summed E-state index contributed by atoms with van der Waals surface area (Å²) in [4.78, 5) is 4.10. The van der Waals surface area contributed by atoms with Crippen LogP contribution in [0.15, 0.2) is 48.5 Å². The maximum absolute atomic E-state index is 14.0. The van der Waals surface area contributed by atoms with Crippen molar-refractivity contribution >= 4 is 22.5 Å². The highest BCUT2D eigenvalue weighted by atomic mass is 35.5. The maximum Gasteiger partial charge on any atom is 0.136 e. The van der Waals surface area contributed by atoms with Crippen LogP contribution in [0.2, 0.25) is 5.15 Å². The highest BCUT2D eigenvalue weighted by Gasteiger charge is 2.11. The van der Waals surface area contributed by atoms with E-state index in [-0.39, 0.29) is 11.0 Å². The number of pyridine rings is 1. The van der Waals surface area contributed by atoms with Gasteiger partial charge in [-0.05, 0) is 29.8 Å². The van der Waals surface area contributed by atoms with Crippen LogP contribution < -0.4 is 9.47 Å². The predicted molar refractivity (Wildman–Crippen MR) is 84.0 cm³/mol. The smallest absolute Gasteiger partial charge is 0.136 e. The van der Waals surface area contributed by atoms with E-state index >= 15 is 0 Å². The van der Waals surface area contributed by atoms with E-state index in [1.165, 1.54) is 12.1 Å². The van der Waals surface area contributed by atoms with E-state index in [0.717, 1.165) is 11.3 Å². The molecule has 0 spiro atoms. The second kappa shape index (κ2) is 6.20. The second-order valence-corrected chi connectivity index (χ2v) is 5.10. The summed E-state index contributed by atoms with van der Waals surface area (Å²) >= 11 is 5.97. The van der Waals surface area contributed by atoms with Crippen LogP contribution in [0, 0.1) is 5.82 Å². The Morgan fingerprint density at radius 1 is 1.14 bits per heavy atom. The summed E-state index contributed by atoms with van der Waals surface area (Å²) in [5, 5.41) is 0.600. The monoisotopic (exact) mass is 317 g/mol. The Morgan fingerprint density at radius 2 is 1.91 bits per heavy atom. The molecular formula is C17H13ClFNO2. The Hall–Kier alpha value is -2.33. The van der Waals surface area contributed by atoms with Crippen LogP contribution in [0.4, 0.5) is 4.39 Å². The molecule has 0 bridgehead atoms. The van der Waals surface area contributed by atoms with Crippen molar-refractivity contribution in [1.29, 1.82) is 0 Å². The Bertz CT molecular complexity index is 806. The van der Waals surface area contributed by atoms with Crippen molar-refractivity contribution in [2.75, 3.05) is 7.11 Å². The second-order valence-electron chi connectivity index (χ2n) is 4.71. The van der Waals surface area contributed by atoms with Gasteiger partial charge in [-0.15, -0.1) is 0 Å². The molecule has 0 amide bonds. The lowest BCUT2D eigenvalue weighted by atomic mass is 10.2. The lowest BCUT2D eigenvalue weighted by Gasteiger charge is -2.10. The highest BCUT2D eigenvalue weighted by molar-refractivity contribution is 6.30. The molecule has 22 heavy (non-hydrogen) atoms. The van der Waals surface area contributed by atoms with Gasteiger partial charge in [0, 0.05) is 6.07 Å². The quantitative estimate of drug-likeness (QED) is 0.658. The van der Waals surface area contributed by atoms with Crippen molar-refractivity contribution in [2.45, 2.75) is 6.61 Å². The zero-order valence-electron chi connectivity index (χ0n) is 11.8. The summed E-state index contributed by atoms with van der Waals surface area (Å²) in [5.74, 6) is 0.766. The molecule has 0 unspecified atom stereocenters. The Balaban J connectivity index is 1.89. The molecule has 0 fully saturated rings. The first-order valence-electron chi connectivity index (χ1n) is 6.68. The maximum atomic E-state index is 14.0. The molecule has 0 aliphatic heterocycles. The molecule has 1 heterocycles. The van der Waals surface area contributed by atoms with Gasteiger partial charge in [0.25, 0.3) is 0 Å². The topological polar surface area (TPSA) is 31.4 Å². The fourth-order valence-electron chi connectivity index (χ4n) is 2.17. The number of aromatic nitrogens is 1. The fraction of sp³-hybridized carbons (Fsp3) is 0.118. The number of benzene rings is 2. The Kier molecular flexibility index (Phi) is 4.11. The first kappa shape index (κ1) is 14.6. The average molecular weight is 318 g/mol. The van der Waals surface area contributed by atoms with Gasteiger partial charge in [0.1, 0.15) is 29.1 Å². The molecule has 0 aliphatic carbocycles. The van der Waals surface area contributed by atoms with E-state index in [9.17, 15) is 4.39 Å². The largest absolute Gasteiger partial charge is 0.497 e. The number of methoxy groups -OCH3 is 1. The Labute approximate surface area is 132 Å². The van der Waals surface area contributed by atoms with Crippen LogP contribution in [-0.4, -0.2) is 12.1 Å². The van der Waals surface area contributed by atoms with E-state index in [2.05, 4.69) is 4.98 Å². The number of ether oxygens (including phenoxy) is 2. The van der Waals surface area contributed by atoms with Gasteiger partial charge < -0.3 is 9.47 Å². The third-order valence-corrected chi connectivity index (χ3v) is 3.46. The summed E-state index contributed by atoms with van der Waals surface area (Å²) in [6.07, 6.45) is 0. The van der Waals surface area contributed by atoms with Crippen molar-refractivity contribution in [3.63, 3.8) is 0 Å². The molecule has 3 rings (SSSR count). The van der Waals surface area contributed by atoms with Crippen LogP contribution in [0.3, 0.4) is 0 Å². The molecule has 0 atom stereocenters. The highest BCUT2D eigenvalue weighted by Crippen LogP contribution is 2.30. The lowest BCUT2D eigenvalue weighted by Crippen LogP contribution is -1.98. The summed E-state index contributed by atoms with van der Waals surface area (Å²) < 4.78 is 24.9. The lowest BCUT2D eigenvalue weighted by molar-refractivity contribution is 0.309. The van der Waals surface area contributed by atoms with Gasteiger partial charge in [0.15, 0.2) is 0 Å². The van der Waals surface area contributed by atoms with E-state index in [0.29, 0.717) is 23.3 Å². The first-order chi connectivity index (χ1) is 10.7. The van der Waals surface area contributed by atoms with Gasteiger partial charge in [-0.2, -0.15) is 0 Å². The van der Waals surface area contributed by atoms with Gasteiger partial charge in [0.2, 0.25) is 0 Å². The zero-order valence-corrected chi connectivity index (χ0v) is 12.6. The van der Waals surface area contributed by atoms with Crippen molar-refractivity contribution in [3.8, 4) is 11.5 Å². The number of hydrogen-bond acceptors (Lipinski definition) is 3. The molecule has 0 saturated carbocycles. The minimum Gasteiger partial charge on any atom is -0.497 e. The third-order valence-electron chi connectivity index (χ3n) is 3.27. The van der Waals surface area contributed by atoms with Crippen molar-refractivity contribution in [3.05, 3.63) is 65.1 Å². The van der Waals surface area contributed by atoms with Crippen LogP contribution in [0.1, 0.15) is 5.56 Å². The third kappa shape index (κ3) is 2.97. The standard InChI is InChI=1S/C17H13ClFNO2/c1-21-12-7-5-11(6-8-12)10-22-15-9-16(18)20-14-4-2-3-13(19)17(14)15/h2-9H,10H2,1H3. The van der Waals surface area contributed by atoms with Gasteiger partial charge in [0.05, 0.1) is 18.0 Å². The van der Waals surface area contributed by atoms with Crippen LogP contribution >= 0.6 is 11.6 Å². The normalized spacial score (nSPS) is 10.7. The van der Waals surface area contributed by atoms with Crippen molar-refractivity contribution in [2.24, 2.45) is 0 Å². The van der Waals surface area contributed by atoms with Crippen LogP contribution in [-0.2, 0) is 6.61 Å². The molecule has 2 aromatic carbocycles. The number of hydrogen-bond donors (Lipinski definition) is 0. The van der Waals surface area contributed by atoms with Gasteiger partial charge in [-0.25, -0.2) is 9.37 Å². The number of nitrogens with zero attached hydrogens (tertiary/aromatic N) is 1. The van der Waals surface area contributed by atoms with E-state index < -0.39 is 0 Å². The number of halogens is 2. The number of fused-ring (bicyclic) bond motifs is 1. The molecule has 5 heteroatoms. The SMILES string of the molecule is COc1ccc(COc2cc(Cl)nc3cccc(F)c23)cc1. The Morgan fingerprint density at radius 3 is 2.64 bits per heavy atom. The molecule has 1 aromatic heterocycles. The summed E-state index contributed by atoms with van der Waals surface area (Å²) in [6.45, 7) is 0.299. The van der Waals surface area contributed by atoms with Crippen molar-refractivity contribution < 1.29 is 13.9 Å². The molecule has 0 saturated heterocycles. The van der Waals surface area contributed by atoms with Crippen LogP contribution in [0.5, 0.6) is 11.5 Å². The molecule has 0 aliphatic rings. The van der Waals surface area contributed by atoms with Crippen molar-refractivity contribution in [1.82, 2.24) is 4.98 Å². The summed E-state index contributed by atoms with van der Waals surface area (Å²) in [7, 11) is 1.61. The molecule has 3 aromatic rings. The first-order valence-corrected chi connectivity index (χ1v) is 7.05. The molecular weight excluding hydrogens is 305 g/mol. The number of rotatable bonds is 4. The van der Waals surface area contributed by atoms with Gasteiger partial charge in [-0.3, -0.25) is 0 Å². The fourth-order valence-corrected chi connectivity index (χ4v) is 2.36. The van der Waals surface area contributed by atoms with Gasteiger partial charge >= 0.3 is 0 Å².